The highest BCUT2D eigenvalue weighted by atomic mass is 32.2. The lowest BCUT2D eigenvalue weighted by Crippen LogP contribution is -2.30. The Balaban J connectivity index is 1.60. The second-order valence-electron chi connectivity index (χ2n) is 6.28. The summed E-state index contributed by atoms with van der Waals surface area (Å²) in [5.74, 6) is -0.232. The Hall–Kier alpha value is -2.55. The molecule has 2 aromatic carbocycles. The van der Waals surface area contributed by atoms with Gasteiger partial charge in [-0.05, 0) is 35.9 Å². The molecule has 0 fully saturated rings. The van der Waals surface area contributed by atoms with E-state index in [1.807, 2.05) is 38.1 Å². The van der Waals surface area contributed by atoms with Crippen LogP contribution in [0.25, 0.3) is 16.3 Å². The Kier molecular flexibility index (Phi) is 6.79. The van der Waals surface area contributed by atoms with Crippen molar-refractivity contribution in [1.29, 1.82) is 0 Å². The molecular weight excluding hydrogens is 406 g/mol. The minimum atomic E-state index is -3.48. The van der Waals surface area contributed by atoms with Crippen LogP contribution in [0.3, 0.4) is 0 Å². The van der Waals surface area contributed by atoms with Crippen molar-refractivity contribution < 1.29 is 13.2 Å². The van der Waals surface area contributed by atoms with E-state index < -0.39 is 10.0 Å². The third-order valence-corrected chi connectivity index (χ3v) is 7.50. The van der Waals surface area contributed by atoms with Crippen LogP contribution < -0.4 is 5.32 Å². The van der Waals surface area contributed by atoms with Crippen molar-refractivity contribution in [2.24, 2.45) is 0 Å². The molecule has 0 atom stereocenters. The van der Waals surface area contributed by atoms with E-state index >= 15 is 0 Å². The van der Waals surface area contributed by atoms with E-state index in [2.05, 4.69) is 10.3 Å². The van der Waals surface area contributed by atoms with Gasteiger partial charge in [0.1, 0.15) is 5.01 Å². The first-order chi connectivity index (χ1) is 13.9. The molecule has 0 spiro atoms. The van der Waals surface area contributed by atoms with Crippen molar-refractivity contribution in [3.63, 3.8) is 0 Å². The molecule has 0 saturated heterocycles. The summed E-state index contributed by atoms with van der Waals surface area (Å²) < 4.78 is 27.5. The number of hydrogen-bond acceptors (Lipinski definition) is 5. The SMILES string of the molecule is CCN(CC)S(=O)(=O)c1ccc(C=CC(=O)NCc2nc3ccccc3s2)cc1. The summed E-state index contributed by atoms with van der Waals surface area (Å²) in [5, 5.41) is 3.66. The molecule has 152 valence electrons. The van der Waals surface area contributed by atoms with Crippen LogP contribution >= 0.6 is 11.3 Å². The van der Waals surface area contributed by atoms with E-state index in [-0.39, 0.29) is 10.8 Å². The van der Waals surface area contributed by atoms with E-state index in [0.717, 1.165) is 20.8 Å². The number of aromatic nitrogens is 1. The first-order valence-corrected chi connectivity index (χ1v) is 11.6. The molecule has 0 unspecified atom stereocenters. The number of carbonyl (C=O) groups is 1. The number of para-hydroxylation sites is 1. The average molecular weight is 430 g/mol. The maximum atomic E-state index is 12.5. The van der Waals surface area contributed by atoms with Crippen LogP contribution in [0.4, 0.5) is 0 Å². The van der Waals surface area contributed by atoms with Crippen LogP contribution in [-0.2, 0) is 21.4 Å². The number of nitrogens with zero attached hydrogens (tertiary/aromatic N) is 2. The molecule has 8 heteroatoms. The molecule has 1 N–H and O–H groups in total. The van der Waals surface area contributed by atoms with Gasteiger partial charge in [-0.15, -0.1) is 11.3 Å². The predicted octanol–water partition coefficient (Wildman–Crippen LogP) is 3.66. The Labute approximate surface area is 174 Å². The summed E-state index contributed by atoms with van der Waals surface area (Å²) in [6, 6.07) is 14.3. The molecule has 3 aromatic rings. The predicted molar refractivity (Wildman–Crippen MR) is 117 cm³/mol. The zero-order valence-corrected chi connectivity index (χ0v) is 18.0. The summed E-state index contributed by atoms with van der Waals surface area (Å²) in [6.07, 6.45) is 3.09. The molecule has 0 radical (unpaired) electrons. The minimum absolute atomic E-state index is 0.232. The lowest BCUT2D eigenvalue weighted by atomic mass is 10.2. The lowest BCUT2D eigenvalue weighted by Gasteiger charge is -2.18. The van der Waals surface area contributed by atoms with Crippen LogP contribution in [0.15, 0.2) is 59.5 Å². The van der Waals surface area contributed by atoms with Crippen molar-refractivity contribution in [1.82, 2.24) is 14.6 Å². The summed E-state index contributed by atoms with van der Waals surface area (Å²) in [5.41, 5.74) is 1.68. The van der Waals surface area contributed by atoms with Gasteiger partial charge in [0.25, 0.3) is 0 Å². The van der Waals surface area contributed by atoms with Crippen molar-refractivity contribution in [3.05, 3.63) is 65.2 Å². The van der Waals surface area contributed by atoms with Gasteiger partial charge >= 0.3 is 0 Å². The molecule has 1 amide bonds. The Morgan fingerprint density at radius 1 is 1.10 bits per heavy atom. The molecule has 6 nitrogen and oxygen atoms in total. The number of amides is 1. The maximum Gasteiger partial charge on any atom is 0.244 e. The molecule has 0 bridgehead atoms. The van der Waals surface area contributed by atoms with E-state index in [9.17, 15) is 13.2 Å². The second-order valence-corrected chi connectivity index (χ2v) is 9.34. The van der Waals surface area contributed by atoms with Gasteiger partial charge in [-0.1, -0.05) is 38.1 Å². The van der Waals surface area contributed by atoms with Crippen LogP contribution in [0.5, 0.6) is 0 Å². The third kappa shape index (κ3) is 5.09. The Morgan fingerprint density at radius 3 is 2.45 bits per heavy atom. The van der Waals surface area contributed by atoms with Gasteiger partial charge in [-0.3, -0.25) is 4.79 Å². The first kappa shape index (κ1) is 21.2. The molecule has 0 aliphatic heterocycles. The highest BCUT2D eigenvalue weighted by Gasteiger charge is 2.20. The Bertz CT molecular complexity index is 1080. The number of carbonyl (C=O) groups excluding carboxylic acids is 1. The number of sulfonamides is 1. The van der Waals surface area contributed by atoms with E-state index in [1.54, 1.807) is 41.7 Å². The van der Waals surface area contributed by atoms with E-state index in [0.29, 0.717) is 19.6 Å². The largest absolute Gasteiger partial charge is 0.346 e. The minimum Gasteiger partial charge on any atom is -0.346 e. The molecule has 1 aromatic heterocycles. The second kappa shape index (κ2) is 9.30. The number of fused-ring (bicyclic) bond motifs is 1. The summed E-state index contributed by atoms with van der Waals surface area (Å²) in [6.45, 7) is 4.84. The van der Waals surface area contributed by atoms with Crippen molar-refractivity contribution in [3.8, 4) is 0 Å². The average Bonchev–Trinajstić information content (AvgIpc) is 3.15. The molecule has 1 heterocycles. The molecule has 0 aliphatic carbocycles. The zero-order valence-electron chi connectivity index (χ0n) is 16.3. The number of nitrogens with one attached hydrogen (secondary N) is 1. The summed E-state index contributed by atoms with van der Waals surface area (Å²) in [7, 11) is -3.48. The van der Waals surface area contributed by atoms with Gasteiger partial charge in [0.05, 0.1) is 21.7 Å². The van der Waals surface area contributed by atoms with Crippen LogP contribution in [0.2, 0.25) is 0 Å². The fraction of sp³-hybridized carbons (Fsp3) is 0.238. The van der Waals surface area contributed by atoms with Gasteiger partial charge in [-0.2, -0.15) is 4.31 Å². The first-order valence-electron chi connectivity index (χ1n) is 9.34. The zero-order chi connectivity index (χ0) is 20.9. The standard InChI is InChI=1S/C21H23N3O3S2/c1-3-24(4-2)29(26,27)17-12-9-16(10-13-17)11-14-20(25)22-15-21-23-18-7-5-6-8-19(18)28-21/h5-14H,3-4,15H2,1-2H3,(H,22,25). The summed E-state index contributed by atoms with van der Waals surface area (Å²) >= 11 is 1.55. The topological polar surface area (TPSA) is 79.4 Å². The highest BCUT2D eigenvalue weighted by molar-refractivity contribution is 7.89. The number of rotatable bonds is 8. The number of hydrogen-bond donors (Lipinski definition) is 1. The van der Waals surface area contributed by atoms with Gasteiger partial charge < -0.3 is 5.32 Å². The molecular formula is C21H23N3O3S2. The monoisotopic (exact) mass is 429 g/mol. The Morgan fingerprint density at radius 2 is 1.79 bits per heavy atom. The fourth-order valence-corrected chi connectivity index (χ4v) is 5.22. The highest BCUT2D eigenvalue weighted by Crippen LogP contribution is 2.21. The van der Waals surface area contributed by atoms with Gasteiger partial charge in [0, 0.05) is 19.2 Å². The molecule has 0 aliphatic rings. The normalized spacial score (nSPS) is 12.1. The van der Waals surface area contributed by atoms with E-state index in [1.165, 1.54) is 10.4 Å². The van der Waals surface area contributed by atoms with Gasteiger partial charge in [-0.25, -0.2) is 13.4 Å². The smallest absolute Gasteiger partial charge is 0.244 e. The van der Waals surface area contributed by atoms with Crippen molar-refractivity contribution >= 4 is 43.6 Å². The maximum absolute atomic E-state index is 12.5. The number of thiazole rings is 1. The fourth-order valence-electron chi connectivity index (χ4n) is 2.85. The molecule has 0 saturated carbocycles. The van der Waals surface area contributed by atoms with Gasteiger partial charge in [0.15, 0.2) is 0 Å². The summed E-state index contributed by atoms with van der Waals surface area (Å²) in [4.78, 5) is 16.8. The van der Waals surface area contributed by atoms with Crippen LogP contribution in [0, 0.1) is 0 Å². The van der Waals surface area contributed by atoms with E-state index in [4.69, 9.17) is 0 Å². The number of benzene rings is 2. The van der Waals surface area contributed by atoms with Crippen LogP contribution in [-0.4, -0.2) is 36.7 Å². The van der Waals surface area contributed by atoms with Gasteiger partial charge in [0.2, 0.25) is 15.9 Å². The van der Waals surface area contributed by atoms with Crippen LogP contribution in [0.1, 0.15) is 24.4 Å². The molecule has 29 heavy (non-hydrogen) atoms. The molecule has 3 rings (SSSR count). The quantitative estimate of drug-likeness (QED) is 0.554. The third-order valence-electron chi connectivity index (χ3n) is 4.40. The van der Waals surface area contributed by atoms with Crippen molar-refractivity contribution in [2.75, 3.05) is 13.1 Å². The van der Waals surface area contributed by atoms with Crippen molar-refractivity contribution in [2.45, 2.75) is 25.3 Å². The lowest BCUT2D eigenvalue weighted by molar-refractivity contribution is -0.116.